The van der Waals surface area contributed by atoms with E-state index < -0.39 is 0 Å². The van der Waals surface area contributed by atoms with Crippen LogP contribution in [-0.4, -0.2) is 38.6 Å². The lowest BCUT2D eigenvalue weighted by molar-refractivity contribution is 0.244. The van der Waals surface area contributed by atoms with Crippen molar-refractivity contribution >= 4 is 38.7 Å². The largest absolute Gasteiger partial charge is 0.310 e. The van der Waals surface area contributed by atoms with Gasteiger partial charge in [-0.2, -0.15) is 0 Å². The molecule has 1 aliphatic heterocycles. The van der Waals surface area contributed by atoms with Crippen molar-refractivity contribution in [3.8, 4) is 0 Å². The number of nitrogens with zero attached hydrogens (tertiary/aromatic N) is 4. The van der Waals surface area contributed by atoms with Crippen LogP contribution in [-0.2, 0) is 6.54 Å². The molecule has 1 fully saturated rings. The number of likely N-dealkylation sites (tertiary alicyclic amines) is 1. The Labute approximate surface area is 138 Å². The first-order valence-corrected chi connectivity index (χ1v) is 8.73. The molecule has 1 aliphatic rings. The van der Waals surface area contributed by atoms with Gasteiger partial charge in [0.25, 0.3) is 0 Å². The third kappa shape index (κ3) is 2.96. The molecule has 0 aliphatic carbocycles. The van der Waals surface area contributed by atoms with Gasteiger partial charge in [0.15, 0.2) is 5.65 Å². The predicted molar refractivity (Wildman–Crippen MR) is 89.8 cm³/mol. The van der Waals surface area contributed by atoms with Crippen LogP contribution in [0.15, 0.2) is 16.7 Å². The Hall–Kier alpha value is -0.650. The van der Waals surface area contributed by atoms with Gasteiger partial charge in [-0.05, 0) is 54.9 Å². The highest BCUT2D eigenvalue weighted by atomic mass is 79.9. The molecule has 0 bridgehead atoms. The first kappa shape index (κ1) is 15.3. The Bertz CT molecular complexity index is 640. The van der Waals surface area contributed by atoms with E-state index in [1.807, 2.05) is 19.2 Å². The summed E-state index contributed by atoms with van der Waals surface area (Å²) in [6.45, 7) is 7.41. The summed E-state index contributed by atoms with van der Waals surface area (Å²) in [5, 5.41) is -0.116. The van der Waals surface area contributed by atoms with E-state index in [-0.39, 0.29) is 5.38 Å². The van der Waals surface area contributed by atoms with Gasteiger partial charge in [-0.25, -0.2) is 9.97 Å². The lowest BCUT2D eigenvalue weighted by atomic mass is 10.2. The van der Waals surface area contributed by atoms with E-state index in [2.05, 4.69) is 42.3 Å². The highest BCUT2D eigenvalue weighted by molar-refractivity contribution is 9.10. The van der Waals surface area contributed by atoms with Gasteiger partial charge in [-0.15, -0.1) is 11.6 Å². The van der Waals surface area contributed by atoms with Crippen LogP contribution in [0.5, 0.6) is 0 Å². The number of imidazole rings is 1. The first-order chi connectivity index (χ1) is 10.1. The Kier molecular flexibility index (Phi) is 4.52. The maximum absolute atomic E-state index is 6.34. The third-order valence-corrected chi connectivity index (χ3v) is 4.86. The van der Waals surface area contributed by atoms with Crippen molar-refractivity contribution in [2.24, 2.45) is 0 Å². The van der Waals surface area contributed by atoms with E-state index in [9.17, 15) is 0 Å². The van der Waals surface area contributed by atoms with Gasteiger partial charge >= 0.3 is 0 Å². The minimum atomic E-state index is -0.116. The lowest BCUT2D eigenvalue weighted by Crippen LogP contribution is -2.33. The zero-order valence-electron chi connectivity index (χ0n) is 12.4. The monoisotopic (exact) mass is 370 g/mol. The summed E-state index contributed by atoms with van der Waals surface area (Å²) in [6.07, 6.45) is 4.34. The van der Waals surface area contributed by atoms with Gasteiger partial charge in [-0.1, -0.05) is 6.92 Å². The number of hydrogen-bond acceptors (Lipinski definition) is 3. The van der Waals surface area contributed by atoms with E-state index in [0.29, 0.717) is 6.04 Å². The molecule has 0 spiro atoms. The maximum Gasteiger partial charge on any atom is 0.160 e. The number of rotatable bonds is 4. The van der Waals surface area contributed by atoms with E-state index in [0.717, 1.165) is 34.6 Å². The van der Waals surface area contributed by atoms with Gasteiger partial charge in [0.05, 0.1) is 5.38 Å². The van der Waals surface area contributed by atoms with Crippen LogP contribution in [0.2, 0.25) is 0 Å². The molecule has 2 atom stereocenters. The molecule has 0 saturated carbocycles. The molecule has 0 amide bonds. The van der Waals surface area contributed by atoms with Gasteiger partial charge in [0, 0.05) is 23.3 Å². The number of halogens is 2. The summed E-state index contributed by atoms with van der Waals surface area (Å²) in [5.74, 6) is 0.917. The molecular formula is C15H20BrClN4. The summed E-state index contributed by atoms with van der Waals surface area (Å²) in [7, 11) is 0. The van der Waals surface area contributed by atoms with Crippen LogP contribution < -0.4 is 0 Å². The lowest BCUT2D eigenvalue weighted by Gasteiger charge is -2.24. The molecule has 2 unspecified atom stereocenters. The number of hydrogen-bond donors (Lipinski definition) is 0. The first-order valence-electron chi connectivity index (χ1n) is 7.50. The number of likely N-dealkylation sites (N-methyl/N-ethyl adjacent to an activating group) is 1. The summed E-state index contributed by atoms with van der Waals surface area (Å²) >= 11 is 9.80. The number of alkyl halides is 1. The third-order valence-electron chi connectivity index (χ3n) is 4.24. The van der Waals surface area contributed by atoms with Crippen LogP contribution in [0.25, 0.3) is 11.2 Å². The molecule has 114 valence electrons. The molecule has 3 heterocycles. The van der Waals surface area contributed by atoms with Gasteiger partial charge < -0.3 is 4.57 Å². The van der Waals surface area contributed by atoms with Crippen LogP contribution in [0.1, 0.15) is 37.9 Å². The van der Waals surface area contributed by atoms with E-state index >= 15 is 0 Å². The molecule has 0 N–H and O–H groups in total. The van der Waals surface area contributed by atoms with Crippen LogP contribution in [0, 0.1) is 0 Å². The second-order valence-electron chi connectivity index (χ2n) is 5.62. The van der Waals surface area contributed by atoms with Gasteiger partial charge in [0.1, 0.15) is 11.3 Å². The molecule has 1 saturated heterocycles. The maximum atomic E-state index is 6.34. The van der Waals surface area contributed by atoms with E-state index in [4.69, 9.17) is 11.6 Å². The second-order valence-corrected chi connectivity index (χ2v) is 7.19. The van der Waals surface area contributed by atoms with Crippen molar-refractivity contribution in [2.75, 3.05) is 13.1 Å². The quantitative estimate of drug-likeness (QED) is 0.762. The molecule has 21 heavy (non-hydrogen) atoms. The Morgan fingerprint density at radius 2 is 2.33 bits per heavy atom. The highest BCUT2D eigenvalue weighted by Crippen LogP contribution is 2.27. The molecule has 2 aromatic rings. The highest BCUT2D eigenvalue weighted by Gasteiger charge is 2.26. The minimum Gasteiger partial charge on any atom is -0.310 e. The van der Waals surface area contributed by atoms with Gasteiger partial charge in [-0.3, -0.25) is 4.90 Å². The number of aromatic nitrogens is 3. The van der Waals surface area contributed by atoms with Crippen LogP contribution >= 0.6 is 27.5 Å². The van der Waals surface area contributed by atoms with Crippen molar-refractivity contribution in [2.45, 2.75) is 44.7 Å². The fraction of sp³-hybridized carbons (Fsp3) is 0.600. The fourth-order valence-corrected chi connectivity index (χ4v) is 3.70. The molecule has 6 heteroatoms. The van der Waals surface area contributed by atoms with Crippen LogP contribution in [0.4, 0.5) is 0 Å². The minimum absolute atomic E-state index is 0.116. The summed E-state index contributed by atoms with van der Waals surface area (Å²) < 4.78 is 3.16. The molecule has 3 rings (SSSR count). The average molecular weight is 372 g/mol. The smallest absolute Gasteiger partial charge is 0.160 e. The predicted octanol–water partition coefficient (Wildman–Crippen LogP) is 3.98. The summed E-state index contributed by atoms with van der Waals surface area (Å²) in [5.41, 5.74) is 1.84. The Balaban J connectivity index is 2.01. The fourth-order valence-electron chi connectivity index (χ4n) is 3.22. The Morgan fingerprint density at radius 3 is 3.05 bits per heavy atom. The number of pyridine rings is 1. The molecule has 0 aromatic carbocycles. The van der Waals surface area contributed by atoms with Gasteiger partial charge in [0.2, 0.25) is 0 Å². The summed E-state index contributed by atoms with van der Waals surface area (Å²) in [4.78, 5) is 11.8. The standard InChI is InChI=1S/C15H20BrClN4/c1-3-20-6-4-5-12(20)9-21-14(10(2)17)19-13-7-11(16)8-18-15(13)21/h7-8,10,12H,3-6,9H2,1-2H3. The SMILES string of the molecule is CCN1CCCC1Cn1c(C(C)Cl)nc2cc(Br)cnc21. The summed E-state index contributed by atoms with van der Waals surface area (Å²) in [6, 6.07) is 2.57. The average Bonchev–Trinajstić information content (AvgIpc) is 3.03. The molecule has 2 aromatic heterocycles. The Morgan fingerprint density at radius 1 is 1.52 bits per heavy atom. The van der Waals surface area contributed by atoms with Crippen molar-refractivity contribution in [1.82, 2.24) is 19.4 Å². The molecule has 0 radical (unpaired) electrons. The second kappa shape index (κ2) is 6.23. The van der Waals surface area contributed by atoms with Crippen molar-refractivity contribution in [1.29, 1.82) is 0 Å². The zero-order valence-corrected chi connectivity index (χ0v) is 14.7. The van der Waals surface area contributed by atoms with Crippen molar-refractivity contribution in [3.05, 3.63) is 22.6 Å². The normalized spacial score (nSPS) is 21.2. The topological polar surface area (TPSA) is 34.0 Å². The molecular weight excluding hydrogens is 352 g/mol. The van der Waals surface area contributed by atoms with Crippen molar-refractivity contribution < 1.29 is 0 Å². The number of fused-ring (bicyclic) bond motifs is 1. The van der Waals surface area contributed by atoms with E-state index in [1.165, 1.54) is 19.4 Å². The molecule has 4 nitrogen and oxygen atoms in total. The van der Waals surface area contributed by atoms with E-state index in [1.54, 1.807) is 0 Å². The van der Waals surface area contributed by atoms with Crippen LogP contribution in [0.3, 0.4) is 0 Å². The zero-order chi connectivity index (χ0) is 15.0. The van der Waals surface area contributed by atoms with Crippen molar-refractivity contribution in [3.63, 3.8) is 0 Å².